The lowest BCUT2D eigenvalue weighted by Gasteiger charge is -2.30. The summed E-state index contributed by atoms with van der Waals surface area (Å²) in [6, 6.07) is 8.42. The Morgan fingerprint density at radius 1 is 1.05 bits per heavy atom. The molecule has 212 valence electrons. The fourth-order valence-corrected chi connectivity index (χ4v) is 5.83. The highest BCUT2D eigenvalue weighted by Crippen LogP contribution is 2.57. The molecule has 4 atom stereocenters. The molecule has 2 fully saturated rings. The zero-order chi connectivity index (χ0) is 28.0. The molecule has 0 bridgehead atoms. The van der Waals surface area contributed by atoms with Crippen LogP contribution >= 0.6 is 0 Å². The molecule has 4 rings (SSSR count). The summed E-state index contributed by atoms with van der Waals surface area (Å²) in [5, 5.41) is 5.84. The summed E-state index contributed by atoms with van der Waals surface area (Å²) >= 11 is 0. The first-order valence-electron chi connectivity index (χ1n) is 14.4. The van der Waals surface area contributed by atoms with Crippen molar-refractivity contribution in [2.75, 3.05) is 6.54 Å². The van der Waals surface area contributed by atoms with Crippen molar-refractivity contribution in [3.8, 4) is 0 Å². The number of nitrogens with zero attached hydrogens (tertiary/aromatic N) is 1. The van der Waals surface area contributed by atoms with Crippen molar-refractivity contribution in [2.45, 2.75) is 103 Å². The maximum absolute atomic E-state index is 13.7. The van der Waals surface area contributed by atoms with Crippen molar-refractivity contribution < 1.29 is 23.9 Å². The van der Waals surface area contributed by atoms with Gasteiger partial charge in [0.2, 0.25) is 11.8 Å². The Morgan fingerprint density at radius 3 is 2.56 bits per heavy atom. The summed E-state index contributed by atoms with van der Waals surface area (Å²) in [4.78, 5) is 55.1. The quantitative estimate of drug-likeness (QED) is 0.543. The molecule has 1 aromatic rings. The van der Waals surface area contributed by atoms with E-state index in [4.69, 9.17) is 4.74 Å². The van der Waals surface area contributed by atoms with Crippen LogP contribution in [0, 0.1) is 11.3 Å². The smallest absolute Gasteiger partial charge is 0.408 e. The molecule has 2 heterocycles. The first-order chi connectivity index (χ1) is 18.6. The minimum Gasteiger partial charge on any atom is -0.444 e. The second-order valence-corrected chi connectivity index (χ2v) is 12.2. The van der Waals surface area contributed by atoms with Crippen molar-refractivity contribution in [1.82, 2.24) is 15.5 Å². The lowest BCUT2D eigenvalue weighted by molar-refractivity contribution is -0.140. The molecule has 1 saturated carbocycles. The third kappa shape index (κ3) is 7.49. The zero-order valence-corrected chi connectivity index (χ0v) is 23.5. The number of benzene rings is 1. The Hall–Kier alpha value is -3.16. The van der Waals surface area contributed by atoms with Crippen LogP contribution in [0.25, 0.3) is 0 Å². The fraction of sp³-hybridized carbons (Fsp3) is 0.613. The summed E-state index contributed by atoms with van der Waals surface area (Å²) in [6.45, 7) is 6.23. The Labute approximate surface area is 231 Å². The van der Waals surface area contributed by atoms with E-state index in [1.165, 1.54) is 0 Å². The number of fused-ring (bicyclic) bond motifs is 2. The second-order valence-electron chi connectivity index (χ2n) is 12.2. The number of allylic oxidation sites excluding steroid dienone is 2. The van der Waals surface area contributed by atoms with Gasteiger partial charge in [-0.15, -0.1) is 0 Å². The van der Waals surface area contributed by atoms with Gasteiger partial charge in [-0.25, -0.2) is 4.79 Å². The average molecular weight is 538 g/mol. The second kappa shape index (κ2) is 12.3. The number of alkyl carbamates (subject to hydrolysis) is 1. The summed E-state index contributed by atoms with van der Waals surface area (Å²) in [7, 11) is 0. The fourth-order valence-electron chi connectivity index (χ4n) is 5.83. The Bertz CT molecular complexity index is 1080. The molecule has 3 aliphatic rings. The molecule has 2 N–H and O–H groups in total. The summed E-state index contributed by atoms with van der Waals surface area (Å²) < 4.78 is 5.42. The molecular formula is C31H43N3O5. The monoisotopic (exact) mass is 537 g/mol. The largest absolute Gasteiger partial charge is 0.444 e. The molecule has 0 unspecified atom stereocenters. The van der Waals surface area contributed by atoms with E-state index in [-0.39, 0.29) is 29.9 Å². The highest BCUT2D eigenvalue weighted by Gasteiger charge is 2.60. The number of nitrogens with one attached hydrogen (secondary N) is 2. The molecule has 0 radical (unpaired) electrons. The van der Waals surface area contributed by atoms with Crippen LogP contribution in [-0.4, -0.2) is 52.8 Å². The van der Waals surface area contributed by atoms with Gasteiger partial charge in [-0.2, -0.15) is 0 Å². The van der Waals surface area contributed by atoms with Crippen LogP contribution in [-0.2, 0) is 25.7 Å². The normalized spacial score (nSPS) is 28.8. The predicted molar refractivity (Wildman–Crippen MR) is 149 cm³/mol. The van der Waals surface area contributed by atoms with E-state index in [9.17, 15) is 19.2 Å². The van der Waals surface area contributed by atoms with Crippen LogP contribution in [0.3, 0.4) is 0 Å². The summed E-state index contributed by atoms with van der Waals surface area (Å²) in [5.41, 5.74) is -0.440. The van der Waals surface area contributed by atoms with Crippen LogP contribution < -0.4 is 10.6 Å². The van der Waals surface area contributed by atoms with Crippen LogP contribution in [0.2, 0.25) is 0 Å². The van der Waals surface area contributed by atoms with E-state index >= 15 is 0 Å². The lowest BCUT2D eigenvalue weighted by Crippen LogP contribution is -2.52. The van der Waals surface area contributed by atoms with Gasteiger partial charge in [0.1, 0.15) is 11.6 Å². The zero-order valence-electron chi connectivity index (χ0n) is 23.5. The Morgan fingerprint density at radius 2 is 1.82 bits per heavy atom. The van der Waals surface area contributed by atoms with E-state index < -0.39 is 29.2 Å². The van der Waals surface area contributed by atoms with Gasteiger partial charge in [0.05, 0.1) is 11.5 Å². The maximum Gasteiger partial charge on any atom is 0.408 e. The maximum atomic E-state index is 13.7. The number of ketones is 1. The minimum atomic E-state index is -0.770. The third-order valence-electron chi connectivity index (χ3n) is 8.00. The van der Waals surface area contributed by atoms with Gasteiger partial charge in [0.25, 0.3) is 0 Å². The number of rotatable bonds is 4. The van der Waals surface area contributed by atoms with Gasteiger partial charge in [-0.1, -0.05) is 55.3 Å². The number of carbonyl (C=O) groups is 4. The molecule has 1 aliphatic carbocycles. The van der Waals surface area contributed by atoms with E-state index in [0.717, 1.165) is 37.7 Å². The number of ether oxygens (including phenoxy) is 1. The molecule has 1 saturated heterocycles. The van der Waals surface area contributed by atoms with Crippen molar-refractivity contribution in [2.24, 2.45) is 11.3 Å². The number of Topliss-reactive ketones (excluding diaryl/α,β-unsaturated/α-hetero) is 1. The van der Waals surface area contributed by atoms with Crippen molar-refractivity contribution in [1.29, 1.82) is 0 Å². The number of hydrogen-bond donors (Lipinski definition) is 2. The molecule has 0 spiro atoms. The SMILES string of the molecule is CC(C)(C)OC(=O)N[C@H]1CCCCC/C=C\[C@@H]2C[C@@]2(C(=O)NCc2ccccc2)CC(=O)[C@@H]2CCCN2C1=O. The predicted octanol–water partition coefficient (Wildman–Crippen LogP) is 4.67. The van der Waals surface area contributed by atoms with Crippen LogP contribution in [0.5, 0.6) is 0 Å². The van der Waals surface area contributed by atoms with Gasteiger partial charge in [0.15, 0.2) is 5.78 Å². The highest BCUT2D eigenvalue weighted by molar-refractivity contribution is 5.97. The Kier molecular flexibility index (Phi) is 9.13. The molecule has 8 heteroatoms. The van der Waals surface area contributed by atoms with E-state index in [1.807, 2.05) is 30.3 Å². The third-order valence-corrected chi connectivity index (χ3v) is 8.00. The van der Waals surface area contributed by atoms with Crippen LogP contribution in [0.15, 0.2) is 42.5 Å². The topological polar surface area (TPSA) is 105 Å². The van der Waals surface area contributed by atoms with Crippen molar-refractivity contribution in [3.63, 3.8) is 0 Å². The van der Waals surface area contributed by atoms with Gasteiger partial charge < -0.3 is 20.3 Å². The minimum absolute atomic E-state index is 0.0227. The standard InChI is InChI=1S/C31H43N3O5/c1-30(2,3)39-29(38)33-24-16-11-6-4-5-10-15-23-19-31(23,28(37)32-21-22-13-8-7-9-14-22)20-26(35)25-17-12-18-34(25)27(24)36/h7-10,13-15,23-25H,4-6,11-12,16-21H2,1-3H3,(H,32,37)(H,33,38)/b15-10-/t23-,24+,25+,31-/m1/s1. The highest BCUT2D eigenvalue weighted by atomic mass is 16.6. The number of carbonyl (C=O) groups excluding carboxylic acids is 4. The summed E-state index contributed by atoms with van der Waals surface area (Å²) in [5.74, 6) is -0.384. The van der Waals surface area contributed by atoms with E-state index in [1.54, 1.807) is 25.7 Å². The first kappa shape index (κ1) is 28.8. The average Bonchev–Trinajstić information content (AvgIpc) is 3.34. The summed E-state index contributed by atoms with van der Waals surface area (Å²) in [6.07, 6.45) is 9.68. The molecule has 1 aromatic carbocycles. The molecule has 39 heavy (non-hydrogen) atoms. The molecule has 3 amide bonds. The Balaban J connectivity index is 1.51. The van der Waals surface area contributed by atoms with Crippen LogP contribution in [0.4, 0.5) is 4.79 Å². The van der Waals surface area contributed by atoms with Gasteiger partial charge >= 0.3 is 6.09 Å². The van der Waals surface area contributed by atoms with Crippen molar-refractivity contribution >= 4 is 23.7 Å². The van der Waals surface area contributed by atoms with Gasteiger partial charge in [-0.3, -0.25) is 14.4 Å². The first-order valence-corrected chi connectivity index (χ1v) is 14.4. The van der Waals surface area contributed by atoms with Gasteiger partial charge in [0, 0.05) is 19.5 Å². The molecular weight excluding hydrogens is 494 g/mol. The molecule has 8 nitrogen and oxygen atoms in total. The lowest BCUT2D eigenvalue weighted by atomic mass is 9.91. The number of hydrogen-bond acceptors (Lipinski definition) is 5. The van der Waals surface area contributed by atoms with Gasteiger partial charge in [-0.05, 0) is 70.8 Å². The molecule has 0 aromatic heterocycles. The number of amides is 3. The van der Waals surface area contributed by atoms with E-state index in [2.05, 4.69) is 22.8 Å². The van der Waals surface area contributed by atoms with Crippen LogP contribution in [0.1, 0.15) is 84.1 Å². The van der Waals surface area contributed by atoms with E-state index in [0.29, 0.717) is 32.4 Å². The van der Waals surface area contributed by atoms with Crippen molar-refractivity contribution in [3.05, 3.63) is 48.0 Å². The molecule has 2 aliphatic heterocycles.